The highest BCUT2D eigenvalue weighted by Crippen LogP contribution is 1.92. The molecule has 0 spiro atoms. The third-order valence-corrected chi connectivity index (χ3v) is 2.48. The molecule has 0 radical (unpaired) electrons. The Morgan fingerprint density at radius 2 is 1.39 bits per heavy atom. The van der Waals surface area contributed by atoms with Gasteiger partial charge < -0.3 is 21.3 Å². The van der Waals surface area contributed by atoms with Crippen LogP contribution in [0.3, 0.4) is 0 Å². The van der Waals surface area contributed by atoms with Gasteiger partial charge in [-0.2, -0.15) is 10.5 Å². The van der Waals surface area contributed by atoms with Crippen LogP contribution in [-0.2, 0) is 0 Å². The van der Waals surface area contributed by atoms with E-state index in [9.17, 15) is 0 Å². The molecule has 18 heavy (non-hydrogen) atoms. The summed E-state index contributed by atoms with van der Waals surface area (Å²) in [7, 11) is 0. The third kappa shape index (κ3) is 11.3. The van der Waals surface area contributed by atoms with E-state index in [2.05, 4.69) is 27.7 Å². The Morgan fingerprint density at radius 3 is 1.89 bits per heavy atom. The number of rotatable bonds is 12. The van der Waals surface area contributed by atoms with Gasteiger partial charge in [0.1, 0.15) is 0 Å². The van der Waals surface area contributed by atoms with Gasteiger partial charge in [-0.15, -0.1) is 0 Å². The molecule has 0 saturated heterocycles. The van der Waals surface area contributed by atoms with Gasteiger partial charge in [0.15, 0.2) is 0 Å². The molecule has 0 fully saturated rings. The van der Waals surface area contributed by atoms with Crippen LogP contribution < -0.4 is 16.4 Å². The molecule has 0 aromatic rings. The lowest BCUT2D eigenvalue weighted by Gasteiger charge is -2.19. The maximum Gasteiger partial charge on any atom is 0.0635 e. The van der Waals surface area contributed by atoms with Crippen molar-refractivity contribution in [3.05, 3.63) is 0 Å². The van der Waals surface area contributed by atoms with E-state index < -0.39 is 0 Å². The molecule has 102 valence electrons. The zero-order chi connectivity index (χ0) is 13.5. The minimum Gasteiger partial charge on any atom is -0.329 e. The van der Waals surface area contributed by atoms with Crippen LogP contribution in [0.15, 0.2) is 0 Å². The van der Waals surface area contributed by atoms with Gasteiger partial charge in [-0.1, -0.05) is 0 Å². The fourth-order valence-electron chi connectivity index (χ4n) is 1.52. The highest BCUT2D eigenvalue weighted by molar-refractivity contribution is 4.76. The molecule has 0 bridgehead atoms. The maximum atomic E-state index is 8.56. The van der Waals surface area contributed by atoms with Crippen molar-refractivity contribution in [1.29, 1.82) is 10.5 Å². The fourth-order valence-corrected chi connectivity index (χ4v) is 1.52. The van der Waals surface area contributed by atoms with Crippen molar-refractivity contribution in [2.75, 3.05) is 52.4 Å². The molecule has 4 N–H and O–H groups in total. The van der Waals surface area contributed by atoms with Crippen molar-refractivity contribution in [2.45, 2.75) is 12.8 Å². The topological polar surface area (TPSA) is 101 Å². The molecule has 6 nitrogen and oxygen atoms in total. The number of nitriles is 2. The van der Waals surface area contributed by atoms with E-state index in [0.29, 0.717) is 19.4 Å². The lowest BCUT2D eigenvalue weighted by atomic mass is 10.3. The monoisotopic (exact) mass is 252 g/mol. The van der Waals surface area contributed by atoms with E-state index in [0.717, 1.165) is 45.8 Å². The Kier molecular flexibility index (Phi) is 13.0. The first-order chi connectivity index (χ1) is 8.85. The van der Waals surface area contributed by atoms with Gasteiger partial charge in [-0.05, 0) is 0 Å². The van der Waals surface area contributed by atoms with Gasteiger partial charge in [-0.25, -0.2) is 0 Å². The van der Waals surface area contributed by atoms with Crippen molar-refractivity contribution in [2.24, 2.45) is 5.73 Å². The summed E-state index contributed by atoms with van der Waals surface area (Å²) in [6, 6.07) is 4.27. The Bertz CT molecular complexity index is 236. The van der Waals surface area contributed by atoms with Crippen molar-refractivity contribution < 1.29 is 0 Å². The van der Waals surface area contributed by atoms with Crippen LogP contribution in [0.5, 0.6) is 0 Å². The van der Waals surface area contributed by atoms with E-state index in [-0.39, 0.29) is 0 Å². The lowest BCUT2D eigenvalue weighted by molar-refractivity contribution is 0.285. The normalized spacial score (nSPS) is 10.2. The summed E-state index contributed by atoms with van der Waals surface area (Å²) in [5, 5.41) is 23.6. The van der Waals surface area contributed by atoms with Crippen molar-refractivity contribution in [1.82, 2.24) is 15.5 Å². The molecular formula is C12H24N6. The van der Waals surface area contributed by atoms with E-state index >= 15 is 0 Å². The zero-order valence-corrected chi connectivity index (χ0v) is 11.0. The largest absolute Gasteiger partial charge is 0.329 e. The minimum absolute atomic E-state index is 0.517. The SMILES string of the molecule is N#CCCN(CCC#N)CCNCCNCCN. The fraction of sp³-hybridized carbons (Fsp3) is 0.833. The van der Waals surface area contributed by atoms with Crippen molar-refractivity contribution in [3.8, 4) is 12.1 Å². The first-order valence-corrected chi connectivity index (χ1v) is 6.43. The Morgan fingerprint density at radius 1 is 0.833 bits per heavy atom. The Hall–Kier alpha value is -1.18. The molecule has 6 heteroatoms. The van der Waals surface area contributed by atoms with Crippen molar-refractivity contribution >= 4 is 0 Å². The summed E-state index contributed by atoms with van der Waals surface area (Å²) in [5.74, 6) is 0. The summed E-state index contributed by atoms with van der Waals surface area (Å²) >= 11 is 0. The van der Waals surface area contributed by atoms with Crippen LogP contribution in [0, 0.1) is 22.7 Å². The molecule has 0 aliphatic rings. The van der Waals surface area contributed by atoms with Crippen LogP contribution in [0.2, 0.25) is 0 Å². The number of nitrogens with two attached hydrogens (primary N) is 1. The third-order valence-electron chi connectivity index (χ3n) is 2.48. The summed E-state index contributed by atoms with van der Waals surface area (Å²) in [6.07, 6.45) is 1.03. The van der Waals surface area contributed by atoms with Crippen LogP contribution in [0.25, 0.3) is 0 Å². The van der Waals surface area contributed by atoms with Crippen LogP contribution in [-0.4, -0.2) is 57.3 Å². The van der Waals surface area contributed by atoms with Gasteiger partial charge in [0.05, 0.1) is 12.1 Å². The first kappa shape index (κ1) is 16.8. The predicted molar refractivity (Wildman–Crippen MR) is 71.7 cm³/mol. The molecule has 0 aliphatic heterocycles. The standard InChI is InChI=1S/C12H24N6/c13-3-1-10-18(11-2-4-14)12-9-17-8-7-16-6-5-15/h16-17H,1-2,5-12,15H2. The second-order valence-corrected chi connectivity index (χ2v) is 3.95. The molecule has 0 saturated carbocycles. The highest BCUT2D eigenvalue weighted by atomic mass is 15.1. The molecule has 0 aliphatic carbocycles. The average molecular weight is 252 g/mol. The molecule has 0 amide bonds. The van der Waals surface area contributed by atoms with Gasteiger partial charge in [0, 0.05) is 65.2 Å². The zero-order valence-electron chi connectivity index (χ0n) is 11.0. The molecule has 0 aromatic heterocycles. The van der Waals surface area contributed by atoms with Crippen LogP contribution in [0.4, 0.5) is 0 Å². The van der Waals surface area contributed by atoms with Gasteiger partial charge in [0.2, 0.25) is 0 Å². The number of hydrogen-bond donors (Lipinski definition) is 3. The highest BCUT2D eigenvalue weighted by Gasteiger charge is 2.03. The van der Waals surface area contributed by atoms with Gasteiger partial charge >= 0.3 is 0 Å². The molecule has 0 atom stereocenters. The number of nitrogens with zero attached hydrogens (tertiary/aromatic N) is 3. The van der Waals surface area contributed by atoms with E-state index in [1.165, 1.54) is 0 Å². The second kappa shape index (κ2) is 13.9. The molecule has 0 unspecified atom stereocenters. The predicted octanol–water partition coefficient (Wildman–Crippen LogP) is -0.746. The number of nitrogens with one attached hydrogen (secondary N) is 2. The summed E-state index contributed by atoms with van der Waals surface area (Å²) in [4.78, 5) is 2.15. The summed E-state index contributed by atoms with van der Waals surface area (Å²) < 4.78 is 0. The van der Waals surface area contributed by atoms with E-state index in [4.69, 9.17) is 16.3 Å². The molecule has 0 rings (SSSR count). The first-order valence-electron chi connectivity index (χ1n) is 6.43. The Labute approximate surface area is 110 Å². The quantitative estimate of drug-likeness (QED) is 0.395. The Balaban J connectivity index is 3.50. The lowest BCUT2D eigenvalue weighted by Crippen LogP contribution is -2.36. The molecular weight excluding hydrogens is 228 g/mol. The smallest absolute Gasteiger partial charge is 0.0635 e. The molecule has 0 aromatic carbocycles. The summed E-state index contributed by atoms with van der Waals surface area (Å²) in [6.45, 7) is 6.56. The van der Waals surface area contributed by atoms with Crippen LogP contribution in [0.1, 0.15) is 12.8 Å². The van der Waals surface area contributed by atoms with Gasteiger partial charge in [-0.3, -0.25) is 0 Å². The van der Waals surface area contributed by atoms with Crippen molar-refractivity contribution in [3.63, 3.8) is 0 Å². The average Bonchev–Trinajstić information content (AvgIpc) is 2.40. The minimum atomic E-state index is 0.517. The maximum absolute atomic E-state index is 8.56. The number of hydrogen-bond acceptors (Lipinski definition) is 6. The van der Waals surface area contributed by atoms with Gasteiger partial charge in [0.25, 0.3) is 0 Å². The second-order valence-electron chi connectivity index (χ2n) is 3.95. The van der Waals surface area contributed by atoms with Crippen LogP contribution >= 0.6 is 0 Å². The van der Waals surface area contributed by atoms with E-state index in [1.807, 2.05) is 0 Å². The summed E-state index contributed by atoms with van der Waals surface area (Å²) in [5.41, 5.74) is 5.36. The van der Waals surface area contributed by atoms with E-state index in [1.54, 1.807) is 0 Å². The molecule has 0 heterocycles.